The number of rotatable bonds is 4. The molecule has 80 valence electrons. The largest absolute Gasteiger partial charge is 0.393 e. The van der Waals surface area contributed by atoms with Crippen molar-refractivity contribution in [2.24, 2.45) is 5.73 Å². The lowest BCUT2D eigenvalue weighted by Crippen LogP contribution is -2.27. The third-order valence-electron chi connectivity index (χ3n) is 1.71. The number of hydrogen-bond acceptors (Lipinski definition) is 2. The molecule has 0 aromatic heterocycles. The van der Waals surface area contributed by atoms with Gasteiger partial charge in [0, 0.05) is 11.6 Å². The van der Waals surface area contributed by atoms with Gasteiger partial charge < -0.3 is 11.1 Å². The van der Waals surface area contributed by atoms with Crippen molar-refractivity contribution in [3.8, 4) is 0 Å². The lowest BCUT2D eigenvalue weighted by Gasteiger charge is -2.04. The summed E-state index contributed by atoms with van der Waals surface area (Å²) in [7, 11) is 0. The summed E-state index contributed by atoms with van der Waals surface area (Å²) < 4.78 is 0. The molecule has 1 rings (SSSR count). The Morgan fingerprint density at radius 3 is 2.87 bits per heavy atom. The van der Waals surface area contributed by atoms with Crippen molar-refractivity contribution >= 4 is 34.7 Å². The smallest absolute Gasteiger partial charge is 0.227 e. The lowest BCUT2D eigenvalue weighted by molar-refractivity contribution is -0.120. The monoisotopic (exact) mass is 242 g/mol. The molecule has 0 atom stereocenters. The molecule has 1 aromatic carbocycles. The molecule has 5 heteroatoms. The van der Waals surface area contributed by atoms with E-state index in [0.717, 1.165) is 5.56 Å². The molecule has 3 nitrogen and oxygen atoms in total. The van der Waals surface area contributed by atoms with E-state index < -0.39 is 0 Å². The Kier molecular flexibility index (Phi) is 4.52. The van der Waals surface area contributed by atoms with Crippen LogP contribution in [0.15, 0.2) is 24.3 Å². The second kappa shape index (κ2) is 5.68. The maximum atomic E-state index is 11.2. The molecule has 0 bridgehead atoms. The van der Waals surface area contributed by atoms with Gasteiger partial charge in [0.05, 0.1) is 11.4 Å². The predicted molar refractivity (Wildman–Crippen MR) is 64.7 cm³/mol. The van der Waals surface area contributed by atoms with E-state index in [0.29, 0.717) is 11.6 Å². The minimum Gasteiger partial charge on any atom is -0.393 e. The molecule has 1 aromatic rings. The molecule has 0 unspecified atom stereocenters. The van der Waals surface area contributed by atoms with Crippen LogP contribution in [-0.2, 0) is 11.3 Å². The van der Waals surface area contributed by atoms with Gasteiger partial charge in [0.2, 0.25) is 5.91 Å². The highest BCUT2D eigenvalue weighted by Gasteiger charge is 2.02. The van der Waals surface area contributed by atoms with Gasteiger partial charge in [-0.2, -0.15) is 0 Å². The molecule has 0 spiro atoms. The van der Waals surface area contributed by atoms with E-state index in [1.165, 1.54) is 0 Å². The summed E-state index contributed by atoms with van der Waals surface area (Å²) in [5, 5.41) is 3.34. The lowest BCUT2D eigenvalue weighted by atomic mass is 10.2. The van der Waals surface area contributed by atoms with Crippen LogP contribution in [0.25, 0.3) is 0 Å². The first-order valence-corrected chi connectivity index (χ1v) is 5.16. The number of nitrogens with two attached hydrogens (primary N) is 1. The number of carbonyl (C=O) groups is 1. The van der Waals surface area contributed by atoms with Crippen molar-refractivity contribution in [3.63, 3.8) is 0 Å². The van der Waals surface area contributed by atoms with E-state index in [1.54, 1.807) is 12.1 Å². The minimum absolute atomic E-state index is 0.0793. The summed E-state index contributed by atoms with van der Waals surface area (Å²) in [4.78, 5) is 11.4. The molecular weight excluding hydrogens is 232 g/mol. The Labute approximate surface area is 98.6 Å². The van der Waals surface area contributed by atoms with E-state index >= 15 is 0 Å². The topological polar surface area (TPSA) is 55.1 Å². The first-order chi connectivity index (χ1) is 7.08. The summed E-state index contributed by atoms with van der Waals surface area (Å²) in [6.45, 7) is 0.433. The van der Waals surface area contributed by atoms with Crippen LogP contribution >= 0.6 is 23.8 Å². The standard InChI is InChI=1S/C10H11ClN2OS/c11-8-3-1-2-7(4-8)6-13-10(14)5-9(12)15/h1-4H,5-6H2,(H2,12,15)(H,13,14). The average molecular weight is 243 g/mol. The normalized spacial score (nSPS) is 9.67. The van der Waals surface area contributed by atoms with Gasteiger partial charge in [-0.15, -0.1) is 0 Å². The summed E-state index contributed by atoms with van der Waals surface area (Å²) in [5.74, 6) is -0.178. The van der Waals surface area contributed by atoms with Crippen molar-refractivity contribution in [2.45, 2.75) is 13.0 Å². The number of thiocarbonyl (C=S) groups is 1. The second-order valence-corrected chi connectivity index (χ2v) is 4.01. The molecule has 1 amide bonds. The SMILES string of the molecule is NC(=S)CC(=O)NCc1cccc(Cl)c1. The zero-order valence-corrected chi connectivity index (χ0v) is 9.57. The number of benzene rings is 1. The van der Waals surface area contributed by atoms with Crippen LogP contribution in [0.1, 0.15) is 12.0 Å². The molecule has 15 heavy (non-hydrogen) atoms. The molecule has 0 radical (unpaired) electrons. The Hall–Kier alpha value is -1.13. The van der Waals surface area contributed by atoms with Crippen molar-refractivity contribution in [1.29, 1.82) is 0 Å². The van der Waals surface area contributed by atoms with E-state index in [2.05, 4.69) is 17.5 Å². The van der Waals surface area contributed by atoms with Crippen LogP contribution in [0.3, 0.4) is 0 Å². The predicted octanol–water partition coefficient (Wildman–Crippen LogP) is 1.63. The molecular formula is C10H11ClN2OS. The second-order valence-electron chi connectivity index (χ2n) is 3.05. The highest BCUT2D eigenvalue weighted by atomic mass is 35.5. The Morgan fingerprint density at radius 2 is 2.27 bits per heavy atom. The highest BCUT2D eigenvalue weighted by molar-refractivity contribution is 7.80. The molecule has 0 fully saturated rings. The summed E-state index contributed by atoms with van der Waals surface area (Å²) in [6, 6.07) is 7.29. The average Bonchev–Trinajstić information content (AvgIpc) is 2.14. The Bertz CT molecular complexity index is 381. The van der Waals surface area contributed by atoms with Gasteiger partial charge in [0.15, 0.2) is 0 Å². The van der Waals surface area contributed by atoms with E-state index in [-0.39, 0.29) is 17.3 Å². The van der Waals surface area contributed by atoms with Crippen molar-refractivity contribution < 1.29 is 4.79 Å². The van der Waals surface area contributed by atoms with Crippen LogP contribution in [0.5, 0.6) is 0 Å². The van der Waals surface area contributed by atoms with Gasteiger partial charge in [-0.1, -0.05) is 36.0 Å². The van der Waals surface area contributed by atoms with E-state index in [1.807, 2.05) is 12.1 Å². The van der Waals surface area contributed by atoms with Crippen LogP contribution in [0.4, 0.5) is 0 Å². The molecule has 0 saturated heterocycles. The maximum absolute atomic E-state index is 11.2. The molecule has 0 heterocycles. The van der Waals surface area contributed by atoms with Crippen LogP contribution in [-0.4, -0.2) is 10.9 Å². The fourth-order valence-electron chi connectivity index (χ4n) is 1.07. The zero-order valence-electron chi connectivity index (χ0n) is 8.00. The summed E-state index contributed by atoms with van der Waals surface area (Å²) in [6.07, 6.45) is 0.0793. The third kappa shape index (κ3) is 4.76. The Morgan fingerprint density at radius 1 is 1.53 bits per heavy atom. The van der Waals surface area contributed by atoms with Gasteiger partial charge in [-0.25, -0.2) is 0 Å². The first kappa shape index (κ1) is 11.9. The first-order valence-electron chi connectivity index (χ1n) is 4.37. The number of hydrogen-bond donors (Lipinski definition) is 2. The molecule has 0 aliphatic carbocycles. The number of carbonyl (C=O) groups excluding carboxylic acids is 1. The maximum Gasteiger partial charge on any atom is 0.227 e. The third-order valence-corrected chi connectivity index (χ3v) is 2.09. The summed E-state index contributed by atoms with van der Waals surface area (Å²) >= 11 is 10.4. The highest BCUT2D eigenvalue weighted by Crippen LogP contribution is 2.10. The fraction of sp³-hybridized carbons (Fsp3) is 0.200. The minimum atomic E-state index is -0.178. The number of nitrogens with one attached hydrogen (secondary N) is 1. The molecule has 0 aliphatic heterocycles. The molecule has 3 N–H and O–H groups in total. The van der Waals surface area contributed by atoms with Gasteiger partial charge in [-0.3, -0.25) is 4.79 Å². The van der Waals surface area contributed by atoms with Gasteiger partial charge in [-0.05, 0) is 17.7 Å². The molecule has 0 aliphatic rings. The van der Waals surface area contributed by atoms with Gasteiger partial charge in [0.1, 0.15) is 0 Å². The van der Waals surface area contributed by atoms with E-state index in [4.69, 9.17) is 17.3 Å². The number of halogens is 1. The van der Waals surface area contributed by atoms with Gasteiger partial charge >= 0.3 is 0 Å². The number of amides is 1. The van der Waals surface area contributed by atoms with E-state index in [9.17, 15) is 4.79 Å². The molecule has 0 saturated carbocycles. The summed E-state index contributed by atoms with van der Waals surface area (Å²) in [5.41, 5.74) is 6.18. The van der Waals surface area contributed by atoms with Gasteiger partial charge in [0.25, 0.3) is 0 Å². The van der Waals surface area contributed by atoms with Crippen LogP contribution in [0, 0.1) is 0 Å². The fourth-order valence-corrected chi connectivity index (χ4v) is 1.41. The Balaban J connectivity index is 2.43. The van der Waals surface area contributed by atoms with Crippen LogP contribution in [0.2, 0.25) is 5.02 Å². The quantitative estimate of drug-likeness (QED) is 0.790. The van der Waals surface area contributed by atoms with Crippen molar-refractivity contribution in [2.75, 3.05) is 0 Å². The van der Waals surface area contributed by atoms with Crippen molar-refractivity contribution in [3.05, 3.63) is 34.9 Å². The van der Waals surface area contributed by atoms with Crippen molar-refractivity contribution in [1.82, 2.24) is 5.32 Å². The zero-order chi connectivity index (χ0) is 11.3. The van der Waals surface area contributed by atoms with Crippen LogP contribution < -0.4 is 11.1 Å².